The van der Waals surface area contributed by atoms with Crippen LogP contribution >= 0.6 is 22.9 Å². The van der Waals surface area contributed by atoms with Crippen molar-refractivity contribution in [3.63, 3.8) is 0 Å². The predicted octanol–water partition coefficient (Wildman–Crippen LogP) is 2.68. The monoisotopic (exact) mass is 228 g/mol. The van der Waals surface area contributed by atoms with Crippen molar-refractivity contribution < 1.29 is 0 Å². The molecular weight excluding hydrogens is 216 g/mol. The third-order valence-corrected chi connectivity index (χ3v) is 5.19. The summed E-state index contributed by atoms with van der Waals surface area (Å²) >= 11 is 7.76. The van der Waals surface area contributed by atoms with Crippen LogP contribution in [0, 0.1) is 0 Å². The minimum absolute atomic E-state index is 0.587. The molecule has 1 aromatic heterocycles. The minimum atomic E-state index is 0.587. The van der Waals surface area contributed by atoms with Crippen molar-refractivity contribution in [3.05, 3.63) is 14.8 Å². The topological polar surface area (TPSA) is 29.3 Å². The number of thiophene rings is 1. The maximum Gasteiger partial charge on any atom is 0.116 e. The summed E-state index contributed by atoms with van der Waals surface area (Å²) in [7, 11) is 2.22. The summed E-state index contributed by atoms with van der Waals surface area (Å²) in [4.78, 5) is 3.90. The van der Waals surface area contributed by atoms with Crippen molar-refractivity contribution in [2.24, 2.45) is 0 Å². The van der Waals surface area contributed by atoms with E-state index in [0.29, 0.717) is 12.1 Å². The van der Waals surface area contributed by atoms with Crippen LogP contribution in [0.3, 0.4) is 0 Å². The number of hydrogen-bond donors (Lipinski definition) is 1. The predicted molar refractivity (Wildman–Crippen MR) is 61.0 cm³/mol. The van der Waals surface area contributed by atoms with Crippen LogP contribution in [-0.4, -0.2) is 18.0 Å². The second-order valence-corrected chi connectivity index (χ2v) is 5.90. The quantitative estimate of drug-likeness (QED) is 0.740. The molecule has 2 N–H and O–H groups in total. The number of nitrogen functional groups attached to an aromatic ring is 1. The van der Waals surface area contributed by atoms with Gasteiger partial charge in [0.15, 0.2) is 0 Å². The average molecular weight is 229 g/mol. The van der Waals surface area contributed by atoms with Gasteiger partial charge in [0.25, 0.3) is 0 Å². The SMILES string of the molecule is CN1C2CCC1c1sc(Cl)c(N)c1C2. The highest BCUT2D eigenvalue weighted by atomic mass is 35.5. The fourth-order valence-corrected chi connectivity index (χ4v) is 4.28. The molecule has 3 heterocycles. The van der Waals surface area contributed by atoms with Gasteiger partial charge in [0, 0.05) is 17.0 Å². The highest BCUT2D eigenvalue weighted by Gasteiger charge is 2.40. The molecule has 0 radical (unpaired) electrons. The summed E-state index contributed by atoms with van der Waals surface area (Å²) in [6, 6.07) is 1.28. The lowest BCUT2D eigenvalue weighted by atomic mass is 10.0. The van der Waals surface area contributed by atoms with E-state index in [-0.39, 0.29) is 0 Å². The molecule has 4 heteroatoms. The number of rotatable bonds is 0. The minimum Gasteiger partial charge on any atom is -0.397 e. The molecule has 1 aromatic rings. The lowest BCUT2D eigenvalue weighted by Gasteiger charge is -2.31. The summed E-state index contributed by atoms with van der Waals surface area (Å²) in [6.07, 6.45) is 3.67. The Balaban J connectivity index is 2.15. The molecule has 0 aromatic carbocycles. The smallest absolute Gasteiger partial charge is 0.116 e. The van der Waals surface area contributed by atoms with E-state index in [0.717, 1.165) is 16.4 Å². The van der Waals surface area contributed by atoms with E-state index in [1.54, 1.807) is 11.3 Å². The molecule has 3 rings (SSSR count). The standard InChI is InChI=1S/C10H13ClN2S/c1-13-5-2-3-7(13)9-6(4-5)8(12)10(11)14-9/h5,7H,2-4,12H2,1H3. The van der Waals surface area contributed by atoms with Crippen LogP contribution in [0.4, 0.5) is 5.69 Å². The first kappa shape index (κ1) is 9.01. The van der Waals surface area contributed by atoms with Gasteiger partial charge in [-0.25, -0.2) is 0 Å². The zero-order valence-electron chi connectivity index (χ0n) is 8.09. The molecule has 2 atom stereocenters. The lowest BCUT2D eigenvalue weighted by Crippen LogP contribution is -2.33. The fourth-order valence-electron chi connectivity index (χ4n) is 2.75. The zero-order valence-corrected chi connectivity index (χ0v) is 9.66. The van der Waals surface area contributed by atoms with E-state index in [1.165, 1.54) is 23.3 Å². The van der Waals surface area contributed by atoms with Crippen molar-refractivity contribution >= 4 is 28.6 Å². The third-order valence-electron chi connectivity index (χ3n) is 3.62. The molecule has 14 heavy (non-hydrogen) atoms. The molecule has 2 unspecified atom stereocenters. The van der Waals surface area contributed by atoms with Crippen LogP contribution in [0.25, 0.3) is 0 Å². The van der Waals surface area contributed by atoms with Gasteiger partial charge in [0.1, 0.15) is 4.34 Å². The van der Waals surface area contributed by atoms with Crippen LogP contribution in [0.5, 0.6) is 0 Å². The number of nitrogens with zero attached hydrogens (tertiary/aromatic N) is 1. The first-order valence-corrected chi connectivity index (χ1v) is 6.16. The van der Waals surface area contributed by atoms with E-state index < -0.39 is 0 Å². The number of anilines is 1. The Morgan fingerprint density at radius 2 is 2.29 bits per heavy atom. The summed E-state index contributed by atoms with van der Waals surface area (Å²) in [5.74, 6) is 0. The largest absolute Gasteiger partial charge is 0.397 e. The van der Waals surface area contributed by atoms with Gasteiger partial charge in [-0.1, -0.05) is 11.6 Å². The molecule has 2 bridgehead atoms. The second-order valence-electron chi connectivity index (χ2n) is 4.25. The van der Waals surface area contributed by atoms with E-state index in [4.69, 9.17) is 17.3 Å². The number of nitrogens with two attached hydrogens (primary N) is 1. The third kappa shape index (κ3) is 1.01. The van der Waals surface area contributed by atoms with Crippen molar-refractivity contribution in [2.45, 2.75) is 31.3 Å². The number of halogens is 1. The van der Waals surface area contributed by atoms with Gasteiger partial charge in [-0.3, -0.25) is 4.90 Å². The van der Waals surface area contributed by atoms with Gasteiger partial charge in [-0.05, 0) is 31.9 Å². The Kier molecular flexibility index (Phi) is 1.85. The van der Waals surface area contributed by atoms with Gasteiger partial charge in [0.2, 0.25) is 0 Å². The second kappa shape index (κ2) is 2.87. The van der Waals surface area contributed by atoms with Crippen LogP contribution in [0.2, 0.25) is 4.34 Å². The Labute approximate surface area is 92.7 Å². The molecule has 0 amide bonds. The Morgan fingerprint density at radius 3 is 3.07 bits per heavy atom. The lowest BCUT2D eigenvalue weighted by molar-refractivity contribution is 0.228. The van der Waals surface area contributed by atoms with Crippen LogP contribution in [0.15, 0.2) is 0 Å². The summed E-state index contributed by atoms with van der Waals surface area (Å²) in [6.45, 7) is 0. The molecule has 0 saturated carbocycles. The van der Waals surface area contributed by atoms with E-state index >= 15 is 0 Å². The number of fused-ring (bicyclic) bond motifs is 4. The number of likely N-dealkylation sites (N-methyl/N-ethyl adjacent to an activating group) is 1. The summed E-state index contributed by atoms with van der Waals surface area (Å²) < 4.78 is 0.788. The molecular formula is C10H13ClN2S. The van der Waals surface area contributed by atoms with Gasteiger partial charge in [-0.15, -0.1) is 11.3 Å². The highest BCUT2D eigenvalue weighted by molar-refractivity contribution is 7.17. The molecule has 0 spiro atoms. The zero-order chi connectivity index (χ0) is 9.87. The maximum atomic E-state index is 6.08. The Morgan fingerprint density at radius 1 is 1.50 bits per heavy atom. The van der Waals surface area contributed by atoms with E-state index in [1.807, 2.05) is 0 Å². The normalized spacial score (nSPS) is 30.7. The average Bonchev–Trinajstić information content (AvgIpc) is 2.57. The van der Waals surface area contributed by atoms with Crippen molar-refractivity contribution in [2.75, 3.05) is 12.8 Å². The van der Waals surface area contributed by atoms with Crippen molar-refractivity contribution in [3.8, 4) is 0 Å². The molecule has 0 aliphatic carbocycles. The molecule has 76 valence electrons. The van der Waals surface area contributed by atoms with Crippen LogP contribution < -0.4 is 5.73 Å². The van der Waals surface area contributed by atoms with Crippen molar-refractivity contribution in [1.29, 1.82) is 0 Å². The maximum absolute atomic E-state index is 6.08. The first-order valence-electron chi connectivity index (χ1n) is 4.97. The van der Waals surface area contributed by atoms with E-state index in [2.05, 4.69) is 11.9 Å². The van der Waals surface area contributed by atoms with Crippen LogP contribution in [-0.2, 0) is 6.42 Å². The van der Waals surface area contributed by atoms with E-state index in [9.17, 15) is 0 Å². The molecule has 2 nitrogen and oxygen atoms in total. The highest BCUT2D eigenvalue weighted by Crippen LogP contribution is 2.50. The van der Waals surface area contributed by atoms with Gasteiger partial charge in [0.05, 0.1) is 5.69 Å². The molecule has 2 aliphatic heterocycles. The fraction of sp³-hybridized carbons (Fsp3) is 0.600. The Bertz CT molecular complexity index is 388. The Hall–Kier alpha value is -0.250. The van der Waals surface area contributed by atoms with Gasteiger partial charge < -0.3 is 5.73 Å². The van der Waals surface area contributed by atoms with Crippen molar-refractivity contribution in [1.82, 2.24) is 4.90 Å². The summed E-state index contributed by atoms with van der Waals surface area (Å²) in [5, 5.41) is 0. The molecule has 1 fully saturated rings. The molecule has 1 saturated heterocycles. The summed E-state index contributed by atoms with van der Waals surface area (Å²) in [5.41, 5.74) is 8.16. The van der Waals surface area contributed by atoms with Crippen LogP contribution in [0.1, 0.15) is 29.3 Å². The van der Waals surface area contributed by atoms with Gasteiger partial charge >= 0.3 is 0 Å². The van der Waals surface area contributed by atoms with Gasteiger partial charge in [-0.2, -0.15) is 0 Å². The molecule has 2 aliphatic rings. The first-order chi connectivity index (χ1) is 6.68. The number of hydrogen-bond acceptors (Lipinski definition) is 3.